The van der Waals surface area contributed by atoms with Crippen LogP contribution >= 0.6 is 0 Å². The molecule has 0 bridgehead atoms. The predicted molar refractivity (Wildman–Crippen MR) is 122 cm³/mol. The Kier molecular flexibility index (Phi) is 8.53. The molecule has 2 aromatic rings. The van der Waals surface area contributed by atoms with E-state index >= 15 is 0 Å². The first-order valence-electron chi connectivity index (χ1n) is 10.0. The molecule has 0 aliphatic carbocycles. The van der Waals surface area contributed by atoms with Crippen LogP contribution < -0.4 is 10.6 Å². The zero-order chi connectivity index (χ0) is 21.1. The Morgan fingerprint density at radius 2 is 1.97 bits per heavy atom. The van der Waals surface area contributed by atoms with E-state index in [1.807, 2.05) is 26.0 Å². The average Bonchev–Trinajstić information content (AvgIpc) is 2.72. The van der Waals surface area contributed by atoms with Crippen LogP contribution in [0.4, 0.5) is 0 Å². The van der Waals surface area contributed by atoms with E-state index in [0.29, 0.717) is 19.4 Å². The maximum atomic E-state index is 11.6. The molecule has 0 heterocycles. The smallest absolute Gasteiger partial charge is 0.221 e. The topological polar surface area (TPSA) is 41.1 Å². The molecule has 0 saturated carbocycles. The lowest BCUT2D eigenvalue weighted by Crippen LogP contribution is -2.33. The van der Waals surface area contributed by atoms with Gasteiger partial charge in [0.25, 0.3) is 0 Å². The second kappa shape index (κ2) is 11.1. The quantitative estimate of drug-likeness (QED) is 0.651. The van der Waals surface area contributed by atoms with Crippen LogP contribution in [0, 0.1) is 29.6 Å². The minimum Gasteiger partial charge on any atom is -0.355 e. The molecule has 0 aromatic heterocycles. The second-order valence-electron chi connectivity index (χ2n) is 7.73. The van der Waals surface area contributed by atoms with Gasteiger partial charge in [-0.05, 0) is 43.2 Å². The summed E-state index contributed by atoms with van der Waals surface area (Å²) in [5.74, 6) is 8.72. The molecule has 29 heavy (non-hydrogen) atoms. The van der Waals surface area contributed by atoms with Crippen LogP contribution in [-0.4, -0.2) is 19.0 Å². The van der Waals surface area contributed by atoms with Gasteiger partial charge in [-0.2, -0.15) is 0 Å². The average molecular weight is 387 g/mol. The molecule has 0 fully saturated rings. The number of nitrogens with one attached hydrogen (secondary N) is 2. The van der Waals surface area contributed by atoms with Crippen molar-refractivity contribution in [1.29, 1.82) is 0 Å². The Hall–Kier alpha value is -3.01. The van der Waals surface area contributed by atoms with Gasteiger partial charge < -0.3 is 10.6 Å². The summed E-state index contributed by atoms with van der Waals surface area (Å²) in [5, 5.41) is 8.94. The number of terminal acetylenes is 1. The van der Waals surface area contributed by atoms with Gasteiger partial charge in [0.1, 0.15) is 0 Å². The maximum Gasteiger partial charge on any atom is 0.221 e. The largest absolute Gasteiger partial charge is 0.355 e. The van der Waals surface area contributed by atoms with Crippen molar-refractivity contribution < 1.29 is 4.79 Å². The number of hydrogen-bond acceptors (Lipinski definition) is 2. The number of carbonyl (C=O) groups excluding carboxylic acids is 1. The van der Waals surface area contributed by atoms with Crippen molar-refractivity contribution in [2.24, 2.45) is 5.41 Å². The van der Waals surface area contributed by atoms with Crippen molar-refractivity contribution in [2.75, 3.05) is 13.1 Å². The van der Waals surface area contributed by atoms with Gasteiger partial charge in [0.05, 0.1) is 0 Å². The number of hydrogen-bond donors (Lipinski definition) is 2. The van der Waals surface area contributed by atoms with Crippen molar-refractivity contribution in [1.82, 2.24) is 10.6 Å². The standard InChI is InChI=1S/C26H30N2O/c1-5-6-17-25(29)28-20-26(3,4)18-10-7-11-19-27-21(2)23-16-12-14-22-13-8-9-15-24(22)23/h1,7-9,11-16,21,27H,6,17,19-20H2,2-4H3,(H,28,29)/t21-/m1/s1. The predicted octanol–water partition coefficient (Wildman–Crippen LogP) is 4.61. The van der Waals surface area contributed by atoms with Gasteiger partial charge in [-0.15, -0.1) is 12.3 Å². The number of amides is 1. The summed E-state index contributed by atoms with van der Waals surface area (Å²) in [6, 6.07) is 15.1. The highest BCUT2D eigenvalue weighted by Gasteiger charge is 2.15. The first-order valence-corrected chi connectivity index (χ1v) is 10.0. The van der Waals surface area contributed by atoms with E-state index in [2.05, 4.69) is 77.8 Å². The van der Waals surface area contributed by atoms with Crippen LogP contribution in [0.2, 0.25) is 0 Å². The monoisotopic (exact) mass is 386 g/mol. The summed E-state index contributed by atoms with van der Waals surface area (Å²) in [7, 11) is 0. The van der Waals surface area contributed by atoms with E-state index in [1.54, 1.807) is 0 Å². The number of carbonyl (C=O) groups is 1. The normalized spacial score (nSPS) is 12.2. The lowest BCUT2D eigenvalue weighted by molar-refractivity contribution is -0.121. The Labute approximate surface area is 175 Å². The molecule has 3 nitrogen and oxygen atoms in total. The van der Waals surface area contributed by atoms with Crippen molar-refractivity contribution in [2.45, 2.75) is 39.7 Å². The summed E-state index contributed by atoms with van der Waals surface area (Å²) in [5.41, 5.74) is 1.00. The zero-order valence-electron chi connectivity index (χ0n) is 17.6. The van der Waals surface area contributed by atoms with E-state index in [4.69, 9.17) is 6.42 Å². The lowest BCUT2D eigenvalue weighted by atomic mass is 9.94. The van der Waals surface area contributed by atoms with Crippen LogP contribution in [0.3, 0.4) is 0 Å². The fourth-order valence-electron chi connectivity index (χ4n) is 2.98. The van der Waals surface area contributed by atoms with Gasteiger partial charge in [-0.1, -0.05) is 60.4 Å². The van der Waals surface area contributed by atoms with Gasteiger partial charge in [-0.25, -0.2) is 0 Å². The fourth-order valence-corrected chi connectivity index (χ4v) is 2.98. The maximum absolute atomic E-state index is 11.6. The number of fused-ring (bicyclic) bond motifs is 1. The van der Waals surface area contributed by atoms with Crippen LogP contribution in [0.1, 0.15) is 45.2 Å². The van der Waals surface area contributed by atoms with Crippen molar-refractivity contribution in [3.63, 3.8) is 0 Å². The van der Waals surface area contributed by atoms with Gasteiger partial charge in [0.15, 0.2) is 0 Å². The SMILES string of the molecule is C#CCCC(=O)NCC(C)(C)C#CC=CCN[C@H](C)c1cccc2ccccc12. The minimum absolute atomic E-state index is 0.0278. The third-order valence-electron chi connectivity index (χ3n) is 4.67. The molecule has 0 aliphatic rings. The van der Waals surface area contributed by atoms with E-state index < -0.39 is 0 Å². The van der Waals surface area contributed by atoms with E-state index in [1.165, 1.54) is 16.3 Å². The Balaban J connectivity index is 1.82. The molecule has 0 spiro atoms. The first kappa shape index (κ1) is 22.3. The molecule has 0 aliphatic heterocycles. The summed E-state index contributed by atoms with van der Waals surface area (Å²) in [6.07, 6.45) is 9.89. The van der Waals surface area contributed by atoms with E-state index in [9.17, 15) is 4.79 Å². The van der Waals surface area contributed by atoms with Crippen molar-refractivity contribution in [3.05, 3.63) is 60.2 Å². The molecule has 1 amide bonds. The van der Waals surface area contributed by atoms with Crippen LogP contribution in [0.25, 0.3) is 10.8 Å². The van der Waals surface area contributed by atoms with E-state index in [-0.39, 0.29) is 17.4 Å². The van der Waals surface area contributed by atoms with E-state index in [0.717, 1.165) is 6.54 Å². The van der Waals surface area contributed by atoms with Crippen molar-refractivity contribution in [3.8, 4) is 24.2 Å². The molecule has 2 rings (SSSR count). The molecule has 2 N–H and O–H groups in total. The Morgan fingerprint density at radius 1 is 1.21 bits per heavy atom. The number of allylic oxidation sites excluding steroid dienone is 1. The van der Waals surface area contributed by atoms with Crippen LogP contribution in [0.15, 0.2) is 54.6 Å². The highest BCUT2D eigenvalue weighted by molar-refractivity contribution is 5.86. The highest BCUT2D eigenvalue weighted by atomic mass is 16.1. The molecule has 150 valence electrons. The summed E-state index contributed by atoms with van der Waals surface area (Å²) in [4.78, 5) is 11.6. The molecular weight excluding hydrogens is 356 g/mol. The Bertz CT molecular complexity index is 949. The molecular formula is C26H30N2O. The molecule has 0 saturated heterocycles. The van der Waals surface area contributed by atoms with Gasteiger partial charge >= 0.3 is 0 Å². The van der Waals surface area contributed by atoms with Gasteiger partial charge in [0.2, 0.25) is 5.91 Å². The lowest BCUT2D eigenvalue weighted by Gasteiger charge is -2.17. The third kappa shape index (κ3) is 7.49. The molecule has 3 heteroatoms. The molecule has 0 radical (unpaired) electrons. The van der Waals surface area contributed by atoms with Crippen LogP contribution in [0.5, 0.6) is 0 Å². The summed E-state index contributed by atoms with van der Waals surface area (Å²) < 4.78 is 0. The molecule has 2 aromatic carbocycles. The van der Waals surface area contributed by atoms with Crippen LogP contribution in [-0.2, 0) is 4.79 Å². The first-order chi connectivity index (χ1) is 13.9. The molecule has 0 unspecified atom stereocenters. The summed E-state index contributed by atoms with van der Waals surface area (Å²) >= 11 is 0. The van der Waals surface area contributed by atoms with Gasteiger partial charge in [0, 0.05) is 37.4 Å². The number of benzene rings is 2. The zero-order valence-corrected chi connectivity index (χ0v) is 17.6. The fraction of sp³-hybridized carbons (Fsp3) is 0.346. The second-order valence-corrected chi connectivity index (χ2v) is 7.73. The minimum atomic E-state index is -0.292. The van der Waals surface area contributed by atoms with Crippen molar-refractivity contribution >= 4 is 16.7 Å². The van der Waals surface area contributed by atoms with Gasteiger partial charge in [-0.3, -0.25) is 4.79 Å². The molecule has 1 atom stereocenters. The highest BCUT2D eigenvalue weighted by Crippen LogP contribution is 2.23. The third-order valence-corrected chi connectivity index (χ3v) is 4.67. The number of rotatable bonds is 8. The summed E-state index contributed by atoms with van der Waals surface area (Å²) in [6.45, 7) is 7.44. The Morgan fingerprint density at radius 3 is 2.76 bits per heavy atom.